The zero-order valence-electron chi connectivity index (χ0n) is 23.1. The van der Waals surface area contributed by atoms with Gasteiger partial charge in [0.15, 0.2) is 0 Å². The standard InChI is InChI=1S/C39H29NO/c1-39(2)33-14-8-6-12-30(33)32-24-27(18-22-34(32)39)29-21-23-35(37-31-13-7-9-15-36(31)41-38(29)37)40-28-19-16-26(17-20-28)25-10-4-3-5-11-25/h3-24,40H,1-2H3. The molecule has 0 fully saturated rings. The quantitative estimate of drug-likeness (QED) is 0.246. The Morgan fingerprint density at radius 3 is 2.07 bits per heavy atom. The van der Waals surface area contributed by atoms with Crippen LogP contribution < -0.4 is 5.32 Å². The molecule has 0 unspecified atom stereocenters. The predicted molar refractivity (Wildman–Crippen MR) is 172 cm³/mol. The minimum atomic E-state index is -0.0109. The third kappa shape index (κ3) is 3.72. The van der Waals surface area contributed by atoms with Crippen LogP contribution in [-0.2, 0) is 5.41 Å². The van der Waals surface area contributed by atoms with E-state index < -0.39 is 0 Å². The molecule has 0 saturated carbocycles. The smallest absolute Gasteiger partial charge is 0.145 e. The van der Waals surface area contributed by atoms with E-state index in [1.807, 2.05) is 12.1 Å². The van der Waals surface area contributed by atoms with Crippen LogP contribution in [0.2, 0.25) is 0 Å². The number of anilines is 2. The van der Waals surface area contributed by atoms with E-state index in [1.54, 1.807) is 0 Å². The first-order chi connectivity index (χ1) is 20.1. The predicted octanol–water partition coefficient (Wildman–Crippen LogP) is 11.0. The SMILES string of the molecule is CC1(C)c2ccccc2-c2cc(-c3ccc(Nc4ccc(-c5ccccc5)cc4)c4c3oc3ccccc34)ccc21. The topological polar surface area (TPSA) is 25.2 Å². The highest BCUT2D eigenvalue weighted by molar-refractivity contribution is 6.16. The van der Waals surface area contributed by atoms with Gasteiger partial charge in [0, 0.05) is 22.1 Å². The van der Waals surface area contributed by atoms with E-state index in [4.69, 9.17) is 4.42 Å². The number of rotatable bonds is 4. The maximum Gasteiger partial charge on any atom is 0.145 e. The van der Waals surface area contributed by atoms with Crippen LogP contribution in [-0.4, -0.2) is 0 Å². The fourth-order valence-corrected chi connectivity index (χ4v) is 6.58. The van der Waals surface area contributed by atoms with Crippen molar-refractivity contribution in [3.63, 3.8) is 0 Å². The molecule has 0 atom stereocenters. The molecule has 8 rings (SSSR count). The second kappa shape index (κ2) is 8.97. The molecule has 1 aliphatic rings. The number of benzene rings is 6. The molecule has 1 heterocycles. The van der Waals surface area contributed by atoms with E-state index in [9.17, 15) is 0 Å². The molecule has 1 N–H and O–H groups in total. The van der Waals surface area contributed by atoms with E-state index in [0.717, 1.165) is 38.9 Å². The number of para-hydroxylation sites is 1. The van der Waals surface area contributed by atoms with Crippen molar-refractivity contribution in [1.29, 1.82) is 0 Å². The van der Waals surface area contributed by atoms with Gasteiger partial charge in [0.05, 0.1) is 11.1 Å². The Hall–Kier alpha value is -5.08. The molecule has 0 bridgehead atoms. The molecule has 7 aromatic rings. The maximum absolute atomic E-state index is 6.58. The van der Waals surface area contributed by atoms with Crippen LogP contribution in [0, 0.1) is 0 Å². The molecule has 1 aromatic heterocycles. The molecule has 2 heteroatoms. The Labute approximate surface area is 239 Å². The average molecular weight is 528 g/mol. The summed E-state index contributed by atoms with van der Waals surface area (Å²) in [4.78, 5) is 0. The Balaban J connectivity index is 1.25. The fourth-order valence-electron chi connectivity index (χ4n) is 6.58. The lowest BCUT2D eigenvalue weighted by atomic mass is 9.82. The van der Waals surface area contributed by atoms with Crippen LogP contribution >= 0.6 is 0 Å². The Morgan fingerprint density at radius 2 is 1.22 bits per heavy atom. The second-order valence-electron chi connectivity index (χ2n) is 11.5. The molecule has 2 nitrogen and oxygen atoms in total. The van der Waals surface area contributed by atoms with Gasteiger partial charge in [0.25, 0.3) is 0 Å². The normalized spacial score (nSPS) is 13.3. The summed E-state index contributed by atoms with van der Waals surface area (Å²) in [5, 5.41) is 5.90. The van der Waals surface area contributed by atoms with Crippen molar-refractivity contribution in [2.75, 3.05) is 5.32 Å². The van der Waals surface area contributed by atoms with Gasteiger partial charge >= 0.3 is 0 Å². The molecule has 196 valence electrons. The summed E-state index contributed by atoms with van der Waals surface area (Å²) in [5.41, 5.74) is 14.0. The van der Waals surface area contributed by atoms with Crippen LogP contribution in [0.25, 0.3) is 55.3 Å². The molecule has 0 spiro atoms. The van der Waals surface area contributed by atoms with Gasteiger partial charge in [-0.25, -0.2) is 0 Å². The minimum absolute atomic E-state index is 0.0109. The van der Waals surface area contributed by atoms with Crippen molar-refractivity contribution >= 4 is 33.3 Å². The summed E-state index contributed by atoms with van der Waals surface area (Å²) in [6.45, 7) is 4.64. The number of nitrogens with one attached hydrogen (secondary N) is 1. The third-order valence-electron chi connectivity index (χ3n) is 8.69. The number of fused-ring (bicyclic) bond motifs is 6. The molecule has 0 radical (unpaired) electrons. The van der Waals surface area contributed by atoms with Crippen molar-refractivity contribution in [3.05, 3.63) is 145 Å². The number of hydrogen-bond donors (Lipinski definition) is 1. The van der Waals surface area contributed by atoms with E-state index >= 15 is 0 Å². The first-order valence-corrected chi connectivity index (χ1v) is 14.2. The van der Waals surface area contributed by atoms with Crippen molar-refractivity contribution in [2.24, 2.45) is 0 Å². The Bertz CT molecular complexity index is 2080. The van der Waals surface area contributed by atoms with Crippen molar-refractivity contribution in [3.8, 4) is 33.4 Å². The van der Waals surface area contributed by atoms with Gasteiger partial charge in [-0.2, -0.15) is 0 Å². The lowest BCUT2D eigenvalue weighted by molar-refractivity contribution is 0.660. The van der Waals surface area contributed by atoms with Crippen LogP contribution in [0.4, 0.5) is 11.4 Å². The Morgan fingerprint density at radius 1 is 0.537 bits per heavy atom. The van der Waals surface area contributed by atoms with Crippen molar-refractivity contribution < 1.29 is 4.42 Å². The van der Waals surface area contributed by atoms with Gasteiger partial charge in [0.1, 0.15) is 11.2 Å². The summed E-state index contributed by atoms with van der Waals surface area (Å²) >= 11 is 0. The van der Waals surface area contributed by atoms with E-state index in [1.165, 1.54) is 38.9 Å². The minimum Gasteiger partial charge on any atom is -0.455 e. The van der Waals surface area contributed by atoms with Gasteiger partial charge in [0.2, 0.25) is 0 Å². The summed E-state index contributed by atoms with van der Waals surface area (Å²) in [5.74, 6) is 0. The highest BCUT2D eigenvalue weighted by Crippen LogP contribution is 2.50. The van der Waals surface area contributed by atoms with Gasteiger partial charge in [-0.15, -0.1) is 0 Å². The summed E-state index contributed by atoms with van der Waals surface area (Å²) < 4.78 is 6.58. The average Bonchev–Trinajstić information content (AvgIpc) is 3.51. The molecule has 1 aliphatic carbocycles. The zero-order chi connectivity index (χ0) is 27.6. The first-order valence-electron chi connectivity index (χ1n) is 14.2. The van der Waals surface area contributed by atoms with Crippen molar-refractivity contribution in [1.82, 2.24) is 0 Å². The molecular formula is C39H29NO. The first kappa shape index (κ1) is 23.8. The molecule has 0 amide bonds. The lowest BCUT2D eigenvalue weighted by Gasteiger charge is -2.21. The van der Waals surface area contributed by atoms with Crippen LogP contribution in [0.3, 0.4) is 0 Å². The summed E-state index contributed by atoms with van der Waals surface area (Å²) in [6, 6.07) is 47.5. The fraction of sp³-hybridized carbons (Fsp3) is 0.0769. The number of furan rings is 1. The number of hydrogen-bond acceptors (Lipinski definition) is 2. The lowest BCUT2D eigenvalue weighted by Crippen LogP contribution is -2.14. The van der Waals surface area contributed by atoms with E-state index in [-0.39, 0.29) is 5.41 Å². The maximum atomic E-state index is 6.58. The molecule has 0 aliphatic heterocycles. The van der Waals surface area contributed by atoms with Gasteiger partial charge in [-0.05, 0) is 75.3 Å². The highest BCUT2D eigenvalue weighted by Gasteiger charge is 2.35. The molecular weight excluding hydrogens is 498 g/mol. The van der Waals surface area contributed by atoms with Gasteiger partial charge in [-0.3, -0.25) is 0 Å². The Kier molecular flexibility index (Phi) is 5.20. The molecule has 6 aromatic carbocycles. The second-order valence-corrected chi connectivity index (χ2v) is 11.5. The third-order valence-corrected chi connectivity index (χ3v) is 8.69. The highest BCUT2D eigenvalue weighted by atomic mass is 16.3. The van der Waals surface area contributed by atoms with Crippen LogP contribution in [0.5, 0.6) is 0 Å². The van der Waals surface area contributed by atoms with Crippen LogP contribution in [0.1, 0.15) is 25.0 Å². The largest absolute Gasteiger partial charge is 0.455 e. The summed E-state index contributed by atoms with van der Waals surface area (Å²) in [6.07, 6.45) is 0. The van der Waals surface area contributed by atoms with Crippen LogP contribution in [0.15, 0.2) is 138 Å². The van der Waals surface area contributed by atoms with Gasteiger partial charge in [-0.1, -0.05) is 111 Å². The van der Waals surface area contributed by atoms with E-state index in [2.05, 4.69) is 140 Å². The molecule has 0 saturated heterocycles. The summed E-state index contributed by atoms with van der Waals surface area (Å²) in [7, 11) is 0. The van der Waals surface area contributed by atoms with Crippen molar-refractivity contribution in [2.45, 2.75) is 19.3 Å². The molecule has 41 heavy (non-hydrogen) atoms. The monoisotopic (exact) mass is 527 g/mol. The van der Waals surface area contributed by atoms with E-state index in [0.29, 0.717) is 0 Å². The van der Waals surface area contributed by atoms with Gasteiger partial charge < -0.3 is 9.73 Å². The zero-order valence-corrected chi connectivity index (χ0v) is 23.1.